The van der Waals surface area contributed by atoms with Gasteiger partial charge in [-0.25, -0.2) is 4.39 Å². The molecular weight excluding hydrogens is 227 g/mol. The fraction of sp³-hybridized carbons (Fsp3) is 0.500. The summed E-state index contributed by atoms with van der Waals surface area (Å²) in [6, 6.07) is 5.34. The van der Waals surface area contributed by atoms with Crippen LogP contribution in [-0.4, -0.2) is 30.6 Å². The number of hydrogen-bond acceptors (Lipinski definition) is 2. The number of halogens is 2. The number of nitrogens with one attached hydrogen (secondary N) is 1. The SMILES string of the molecule is C[C@@H]1CNCCN1Cc1ccc(Cl)cc1F. The quantitative estimate of drug-likeness (QED) is 0.856. The molecule has 1 heterocycles. The average Bonchev–Trinajstić information content (AvgIpc) is 2.25. The predicted molar refractivity (Wildman–Crippen MR) is 64.2 cm³/mol. The van der Waals surface area contributed by atoms with Crippen LogP contribution in [0.25, 0.3) is 0 Å². The van der Waals surface area contributed by atoms with E-state index < -0.39 is 0 Å². The topological polar surface area (TPSA) is 15.3 Å². The lowest BCUT2D eigenvalue weighted by Crippen LogP contribution is -2.49. The lowest BCUT2D eigenvalue weighted by atomic mass is 10.1. The van der Waals surface area contributed by atoms with E-state index in [-0.39, 0.29) is 5.82 Å². The second-order valence-electron chi connectivity index (χ2n) is 4.26. The van der Waals surface area contributed by atoms with E-state index in [1.54, 1.807) is 12.1 Å². The third-order valence-electron chi connectivity index (χ3n) is 3.03. The first-order valence-corrected chi connectivity index (χ1v) is 5.93. The van der Waals surface area contributed by atoms with Gasteiger partial charge in [-0.05, 0) is 19.1 Å². The van der Waals surface area contributed by atoms with Gasteiger partial charge < -0.3 is 5.32 Å². The first-order valence-electron chi connectivity index (χ1n) is 5.55. The van der Waals surface area contributed by atoms with Gasteiger partial charge in [0.1, 0.15) is 5.82 Å². The van der Waals surface area contributed by atoms with Crippen LogP contribution in [0.3, 0.4) is 0 Å². The molecule has 0 aromatic heterocycles. The lowest BCUT2D eigenvalue weighted by Gasteiger charge is -2.33. The maximum Gasteiger partial charge on any atom is 0.129 e. The van der Waals surface area contributed by atoms with Gasteiger partial charge in [0.2, 0.25) is 0 Å². The molecule has 1 aliphatic rings. The number of piperazine rings is 1. The molecule has 0 bridgehead atoms. The van der Waals surface area contributed by atoms with Crippen LogP contribution in [-0.2, 0) is 6.54 Å². The molecule has 1 N–H and O–H groups in total. The molecule has 1 saturated heterocycles. The van der Waals surface area contributed by atoms with Crippen molar-refractivity contribution in [2.45, 2.75) is 19.5 Å². The first kappa shape index (κ1) is 11.8. The Labute approximate surface area is 100 Å². The van der Waals surface area contributed by atoms with Gasteiger partial charge >= 0.3 is 0 Å². The number of hydrogen-bond donors (Lipinski definition) is 1. The Hall–Kier alpha value is -0.640. The molecule has 0 radical (unpaired) electrons. The van der Waals surface area contributed by atoms with Crippen molar-refractivity contribution < 1.29 is 4.39 Å². The van der Waals surface area contributed by atoms with Gasteiger partial charge in [-0.1, -0.05) is 17.7 Å². The fourth-order valence-corrected chi connectivity index (χ4v) is 2.15. The van der Waals surface area contributed by atoms with Crippen LogP contribution >= 0.6 is 11.6 Å². The summed E-state index contributed by atoms with van der Waals surface area (Å²) >= 11 is 5.72. The minimum atomic E-state index is -0.210. The molecule has 1 aliphatic heterocycles. The Morgan fingerprint density at radius 3 is 3.06 bits per heavy atom. The largest absolute Gasteiger partial charge is 0.314 e. The molecule has 88 valence electrons. The number of benzene rings is 1. The molecular formula is C12H16ClFN2. The summed E-state index contributed by atoms with van der Waals surface area (Å²) in [5.41, 5.74) is 0.721. The fourth-order valence-electron chi connectivity index (χ4n) is 1.99. The van der Waals surface area contributed by atoms with Gasteiger partial charge in [-0.3, -0.25) is 4.90 Å². The second-order valence-corrected chi connectivity index (χ2v) is 4.70. The second kappa shape index (κ2) is 5.13. The molecule has 0 unspecified atom stereocenters. The van der Waals surface area contributed by atoms with Crippen LogP contribution in [0, 0.1) is 5.82 Å². The standard InChI is InChI=1S/C12H16ClFN2/c1-9-7-15-4-5-16(9)8-10-2-3-11(13)6-12(10)14/h2-3,6,9,15H,4-5,7-8H2,1H3/t9-/m1/s1. The van der Waals surface area contributed by atoms with Gasteiger partial charge in [0.25, 0.3) is 0 Å². The summed E-state index contributed by atoms with van der Waals surface area (Å²) in [5.74, 6) is -0.210. The number of rotatable bonds is 2. The molecule has 0 spiro atoms. The maximum atomic E-state index is 13.6. The van der Waals surface area contributed by atoms with Crippen LogP contribution in [0.2, 0.25) is 5.02 Å². The van der Waals surface area contributed by atoms with Crippen LogP contribution in [0.1, 0.15) is 12.5 Å². The van der Waals surface area contributed by atoms with Crippen molar-refractivity contribution in [3.63, 3.8) is 0 Å². The Kier molecular flexibility index (Phi) is 3.79. The van der Waals surface area contributed by atoms with E-state index in [0.29, 0.717) is 17.6 Å². The highest BCUT2D eigenvalue weighted by Crippen LogP contribution is 2.17. The predicted octanol–water partition coefficient (Wildman–Crippen LogP) is 2.27. The molecule has 16 heavy (non-hydrogen) atoms. The Bertz CT molecular complexity index is 370. The molecule has 1 aromatic carbocycles. The van der Waals surface area contributed by atoms with E-state index in [1.165, 1.54) is 6.07 Å². The average molecular weight is 243 g/mol. The van der Waals surface area contributed by atoms with Gasteiger partial charge in [0.05, 0.1) is 0 Å². The summed E-state index contributed by atoms with van der Waals surface area (Å²) in [6.07, 6.45) is 0. The highest BCUT2D eigenvalue weighted by Gasteiger charge is 2.18. The van der Waals surface area contributed by atoms with Gasteiger partial charge in [-0.2, -0.15) is 0 Å². The molecule has 1 aromatic rings. The molecule has 2 rings (SSSR count). The van der Waals surface area contributed by atoms with Crippen molar-refractivity contribution in [3.05, 3.63) is 34.6 Å². The lowest BCUT2D eigenvalue weighted by molar-refractivity contribution is 0.164. The monoisotopic (exact) mass is 242 g/mol. The Morgan fingerprint density at radius 2 is 2.38 bits per heavy atom. The summed E-state index contributed by atoms with van der Waals surface area (Å²) in [4.78, 5) is 2.28. The van der Waals surface area contributed by atoms with Gasteiger partial charge in [0.15, 0.2) is 0 Å². The highest BCUT2D eigenvalue weighted by atomic mass is 35.5. The third kappa shape index (κ3) is 2.73. The zero-order valence-corrected chi connectivity index (χ0v) is 10.1. The zero-order chi connectivity index (χ0) is 11.5. The van der Waals surface area contributed by atoms with Gasteiger partial charge in [0, 0.05) is 42.8 Å². The summed E-state index contributed by atoms with van der Waals surface area (Å²) in [6.45, 7) is 5.71. The van der Waals surface area contributed by atoms with E-state index in [1.807, 2.05) is 0 Å². The molecule has 2 nitrogen and oxygen atoms in total. The zero-order valence-electron chi connectivity index (χ0n) is 9.34. The summed E-state index contributed by atoms with van der Waals surface area (Å²) in [7, 11) is 0. The normalized spacial score (nSPS) is 22.3. The van der Waals surface area contributed by atoms with E-state index in [2.05, 4.69) is 17.1 Å². The van der Waals surface area contributed by atoms with E-state index in [9.17, 15) is 4.39 Å². The van der Waals surface area contributed by atoms with Crippen molar-refractivity contribution in [3.8, 4) is 0 Å². The Morgan fingerprint density at radius 1 is 1.56 bits per heavy atom. The van der Waals surface area contributed by atoms with Crippen molar-refractivity contribution in [1.29, 1.82) is 0 Å². The van der Waals surface area contributed by atoms with Crippen molar-refractivity contribution in [2.75, 3.05) is 19.6 Å². The molecule has 0 amide bonds. The van der Waals surface area contributed by atoms with E-state index in [0.717, 1.165) is 25.2 Å². The Balaban J connectivity index is 2.07. The minimum Gasteiger partial charge on any atom is -0.314 e. The van der Waals surface area contributed by atoms with E-state index in [4.69, 9.17) is 11.6 Å². The van der Waals surface area contributed by atoms with Crippen molar-refractivity contribution in [2.24, 2.45) is 0 Å². The van der Waals surface area contributed by atoms with Gasteiger partial charge in [-0.15, -0.1) is 0 Å². The van der Waals surface area contributed by atoms with Crippen LogP contribution < -0.4 is 5.32 Å². The van der Waals surface area contributed by atoms with E-state index >= 15 is 0 Å². The molecule has 1 fully saturated rings. The molecule has 0 aliphatic carbocycles. The summed E-state index contributed by atoms with van der Waals surface area (Å²) in [5, 5.41) is 3.77. The van der Waals surface area contributed by atoms with Crippen molar-refractivity contribution in [1.82, 2.24) is 10.2 Å². The molecule has 0 saturated carbocycles. The maximum absolute atomic E-state index is 13.6. The van der Waals surface area contributed by atoms with Crippen molar-refractivity contribution >= 4 is 11.6 Å². The molecule has 1 atom stereocenters. The van der Waals surface area contributed by atoms with Crippen LogP contribution in [0.15, 0.2) is 18.2 Å². The first-order chi connectivity index (χ1) is 7.66. The minimum absolute atomic E-state index is 0.210. The van der Waals surface area contributed by atoms with Crippen LogP contribution in [0.5, 0.6) is 0 Å². The molecule has 4 heteroatoms. The smallest absolute Gasteiger partial charge is 0.129 e. The van der Waals surface area contributed by atoms with Crippen LogP contribution in [0.4, 0.5) is 4.39 Å². The highest BCUT2D eigenvalue weighted by molar-refractivity contribution is 6.30. The number of nitrogens with zero attached hydrogens (tertiary/aromatic N) is 1. The third-order valence-corrected chi connectivity index (χ3v) is 3.26. The summed E-state index contributed by atoms with van der Waals surface area (Å²) < 4.78 is 13.6.